The van der Waals surface area contributed by atoms with Gasteiger partial charge < -0.3 is 45.1 Å². The number of unbranched alkanes of at least 4 members (excludes halogenated alkanes) is 3. The van der Waals surface area contributed by atoms with Gasteiger partial charge in [-0.1, -0.05) is 80.6 Å². The Kier molecular flexibility index (Phi) is 19.9. The summed E-state index contributed by atoms with van der Waals surface area (Å²) in [4.78, 5) is 49.3. The van der Waals surface area contributed by atoms with Gasteiger partial charge >= 0.3 is 18.2 Å². The first-order valence-corrected chi connectivity index (χ1v) is 27.3. The molecule has 1 aliphatic carbocycles. The van der Waals surface area contributed by atoms with Crippen molar-refractivity contribution < 1.29 is 79.5 Å². The third-order valence-electron chi connectivity index (χ3n) is 13.8. The summed E-state index contributed by atoms with van der Waals surface area (Å²) in [5, 5.41) is 38.3. The molecule has 3 N–H and O–H groups in total. The van der Waals surface area contributed by atoms with Crippen LogP contribution >= 0.6 is 12.0 Å². The minimum Gasteiger partial charge on any atom is -0.748 e. The Labute approximate surface area is 449 Å². The number of nitrogens with one attached hydrogen (secondary N) is 2. The zero-order chi connectivity index (χ0) is 56.3. The molecule has 7 rings (SSSR count). The van der Waals surface area contributed by atoms with Crippen molar-refractivity contribution in [3.8, 4) is 11.1 Å². The number of fused-ring (bicyclic) bond motifs is 5. The number of alkyl carbamates (subject to hydrolysis) is 1. The number of nitrogens with zero attached hydrogens (tertiary/aromatic N) is 2. The van der Waals surface area contributed by atoms with Crippen molar-refractivity contribution in [1.82, 2.24) is 10.6 Å². The van der Waals surface area contributed by atoms with Gasteiger partial charge in [0.2, 0.25) is 11.6 Å². The van der Waals surface area contributed by atoms with E-state index >= 15 is 0 Å². The molecule has 3 aliphatic rings. The molecule has 4 aromatic carbocycles. The Morgan fingerprint density at radius 3 is 2.17 bits per heavy atom. The van der Waals surface area contributed by atoms with Crippen LogP contribution in [0.5, 0.6) is 0 Å². The third kappa shape index (κ3) is 14.9. The number of hydrogen-bond donors (Lipinski definition) is 3. The fraction of sp³-hybridized carbons (Fsp3) is 0.400. The maximum Gasteiger partial charge on any atom is 0.430 e. The van der Waals surface area contributed by atoms with Crippen LogP contribution in [0.25, 0.3) is 11.1 Å². The lowest BCUT2D eigenvalue weighted by atomic mass is 9.81. The van der Waals surface area contributed by atoms with Crippen molar-refractivity contribution in [2.45, 2.75) is 119 Å². The molecule has 0 aromatic heterocycles. The number of carbonyl (C=O) groups excluding carboxylic acids is 3. The SMILES string of the molecule is CCN1/C(=C\C=C\C2=[N+](CCCCCC(=O)NCCCCC(NC(=O)OCC3c4ccccc4-c4ccccc43)C(=O)O)c3ccc(SOO[O-])cc3C2(C)C)C(C)(C)c2cc(CS(=O)(=O)[O-])ccc21.O=C([O-])C(F)(F)F. The fourth-order valence-corrected chi connectivity index (χ4v) is 11.1. The second-order valence-electron chi connectivity index (χ2n) is 19.7. The maximum absolute atomic E-state index is 12.8. The second-order valence-corrected chi connectivity index (χ2v) is 21.9. The summed E-state index contributed by atoms with van der Waals surface area (Å²) in [6.07, 6.45) is 4.07. The lowest BCUT2D eigenvalue weighted by Crippen LogP contribution is -2.41. The molecule has 22 heteroatoms. The van der Waals surface area contributed by atoms with E-state index in [2.05, 4.69) is 76.3 Å². The van der Waals surface area contributed by atoms with E-state index in [-0.39, 0.29) is 24.9 Å². The number of amides is 2. The average molecular weight is 1110 g/mol. The molecule has 0 saturated heterocycles. The van der Waals surface area contributed by atoms with Gasteiger partial charge in [-0.3, -0.25) is 9.83 Å². The topological polar surface area (TPSA) is 250 Å². The van der Waals surface area contributed by atoms with Crippen molar-refractivity contribution in [1.29, 1.82) is 0 Å². The largest absolute Gasteiger partial charge is 0.748 e. The number of halogens is 3. The highest BCUT2D eigenvalue weighted by Crippen LogP contribution is 2.49. The van der Waals surface area contributed by atoms with E-state index < -0.39 is 57.0 Å². The number of ether oxygens (including phenoxy) is 1. The van der Waals surface area contributed by atoms with Crippen molar-refractivity contribution in [3.05, 3.63) is 137 Å². The van der Waals surface area contributed by atoms with Gasteiger partial charge in [-0.25, -0.2) is 18.0 Å². The zero-order valence-electron chi connectivity index (χ0n) is 43.1. The first kappa shape index (κ1) is 59.7. The first-order chi connectivity index (χ1) is 36.4. The number of alkyl halides is 3. The van der Waals surface area contributed by atoms with Crippen LogP contribution in [-0.2, 0) is 55.2 Å². The molecular weight excluding hydrogens is 1050 g/mol. The highest BCUT2D eigenvalue weighted by molar-refractivity contribution is 7.94. The number of rotatable bonds is 23. The van der Waals surface area contributed by atoms with Gasteiger partial charge in [-0.2, -0.15) is 22.1 Å². The predicted molar refractivity (Wildman–Crippen MR) is 276 cm³/mol. The summed E-state index contributed by atoms with van der Waals surface area (Å²) in [5.74, 6) is -4.95. The Morgan fingerprint density at radius 1 is 0.896 bits per heavy atom. The number of carbonyl (C=O) groups is 4. The highest BCUT2D eigenvalue weighted by atomic mass is 32.2. The molecule has 77 heavy (non-hydrogen) atoms. The minimum atomic E-state index is -5.19. The molecule has 4 aromatic rings. The van der Waals surface area contributed by atoms with E-state index in [0.717, 1.165) is 81.0 Å². The zero-order valence-corrected chi connectivity index (χ0v) is 44.8. The number of allylic oxidation sites excluding steroid dienone is 4. The van der Waals surface area contributed by atoms with Gasteiger partial charge in [0.25, 0.3) is 0 Å². The number of likely N-dealkylation sites (N-methyl/N-ethyl adjacent to an activating group) is 1. The third-order valence-corrected chi connectivity index (χ3v) is 15.1. The fourth-order valence-electron chi connectivity index (χ4n) is 10.1. The molecule has 0 saturated carbocycles. The maximum atomic E-state index is 12.8. The van der Waals surface area contributed by atoms with E-state index in [0.29, 0.717) is 55.8 Å². The Bertz CT molecular complexity index is 2990. The summed E-state index contributed by atoms with van der Waals surface area (Å²) >= 11 is 0.839. The van der Waals surface area contributed by atoms with E-state index in [1.807, 2.05) is 84.9 Å². The van der Waals surface area contributed by atoms with Gasteiger partial charge in [-0.05, 0) is 111 Å². The molecule has 2 aliphatic heterocycles. The van der Waals surface area contributed by atoms with Gasteiger partial charge in [0, 0.05) is 71.2 Å². The highest BCUT2D eigenvalue weighted by Gasteiger charge is 2.45. The molecule has 0 fully saturated rings. The standard InChI is InChI=1S/C53H62N4O11S2.C2HF3O2/c1-6-56-45-27-25-35(34-70(63,64)65)31-42(45)52(2,3)47(56)22-16-23-48-53(4,5)43-32-36(69-68-67-62)26-28-46(43)57(48)30-15-7-8-24-49(58)54-29-14-13-21-44(50(59)60)55-51(61)66-33-41-39-19-11-9-17-37(39)38-18-10-12-20-40(38)41;3-2(4,5)1(6)7/h9-12,16-20,22-23,25-28,31-32,41,44H,6-8,13-15,21,24,29-30,33-34H2,1-5H3,(H4-,54,55,58,59,60,61,62,63,64,65);(H,6,7)/p-2. The normalized spacial score (nSPS) is 16.1. The summed E-state index contributed by atoms with van der Waals surface area (Å²) in [7, 11) is -4.44. The number of aliphatic carboxylic acids is 2. The molecule has 1 atom stereocenters. The van der Waals surface area contributed by atoms with Crippen molar-refractivity contribution in [3.63, 3.8) is 0 Å². The van der Waals surface area contributed by atoms with Gasteiger partial charge in [-0.15, -0.1) is 0 Å². The molecule has 0 radical (unpaired) electrons. The van der Waals surface area contributed by atoms with Gasteiger partial charge in [0.1, 0.15) is 25.2 Å². The van der Waals surface area contributed by atoms with Crippen LogP contribution in [0.15, 0.2) is 114 Å². The molecular formula is C55H61F3N4O13S2-2. The van der Waals surface area contributed by atoms with Crippen LogP contribution in [0.2, 0.25) is 0 Å². The molecule has 2 amide bonds. The Morgan fingerprint density at radius 2 is 1.56 bits per heavy atom. The number of benzene rings is 4. The lowest BCUT2D eigenvalue weighted by Gasteiger charge is -2.26. The van der Waals surface area contributed by atoms with Crippen LogP contribution in [0.1, 0.15) is 113 Å². The number of anilines is 1. The van der Waals surface area contributed by atoms with Crippen LogP contribution in [0.4, 0.5) is 29.3 Å². The predicted octanol–water partition coefficient (Wildman–Crippen LogP) is 7.73. The number of carboxylic acid groups (broad SMARTS) is 2. The molecule has 1 unspecified atom stereocenters. The first-order valence-electron chi connectivity index (χ1n) is 24.9. The van der Waals surface area contributed by atoms with Crippen LogP contribution in [-0.4, -0.2) is 90.8 Å². The second kappa shape index (κ2) is 25.7. The van der Waals surface area contributed by atoms with Crippen LogP contribution in [0, 0.1) is 0 Å². The summed E-state index contributed by atoms with van der Waals surface area (Å²) in [6, 6.07) is 26.1. The monoisotopic (exact) mass is 1110 g/mol. The molecule has 0 spiro atoms. The van der Waals surface area contributed by atoms with Crippen molar-refractivity contribution in [2.75, 3.05) is 31.1 Å². The van der Waals surface area contributed by atoms with E-state index in [1.165, 1.54) is 0 Å². The van der Waals surface area contributed by atoms with E-state index in [1.54, 1.807) is 6.07 Å². The molecule has 414 valence electrons. The minimum absolute atomic E-state index is 0.0819. The quantitative estimate of drug-likeness (QED) is 0.0161. The molecule has 2 heterocycles. The van der Waals surface area contributed by atoms with Crippen LogP contribution < -0.4 is 25.9 Å². The lowest BCUT2D eigenvalue weighted by molar-refractivity contribution is -0.777. The number of carboxylic acids is 2. The summed E-state index contributed by atoms with van der Waals surface area (Å²) in [6.45, 7) is 12.4. The summed E-state index contributed by atoms with van der Waals surface area (Å²) < 4.78 is 78.8. The van der Waals surface area contributed by atoms with E-state index in [9.17, 15) is 50.9 Å². The van der Waals surface area contributed by atoms with Gasteiger partial charge in [0.15, 0.2) is 5.71 Å². The van der Waals surface area contributed by atoms with Gasteiger partial charge in [0.05, 0.1) is 33.3 Å². The smallest absolute Gasteiger partial charge is 0.430 e. The van der Waals surface area contributed by atoms with Crippen molar-refractivity contribution in [2.24, 2.45) is 0 Å². The van der Waals surface area contributed by atoms with Crippen molar-refractivity contribution >= 4 is 63.2 Å². The molecule has 17 nitrogen and oxygen atoms in total. The Balaban J connectivity index is 0.00000128. The molecule has 0 bridgehead atoms. The average Bonchev–Trinajstić information content (AvgIpc) is 4.03. The number of hydrogen-bond acceptors (Lipinski definition) is 14. The Hall–Kier alpha value is -6.56. The summed E-state index contributed by atoms with van der Waals surface area (Å²) in [5.41, 5.74) is 9.93. The van der Waals surface area contributed by atoms with Crippen LogP contribution in [0.3, 0.4) is 0 Å². The van der Waals surface area contributed by atoms with E-state index in [4.69, 9.17) is 14.6 Å².